The third-order valence-corrected chi connectivity index (χ3v) is 11.4. The lowest BCUT2D eigenvalue weighted by Crippen LogP contribution is -2.38. The largest absolute Gasteiger partial charge is 0.474 e. The van der Waals surface area contributed by atoms with Gasteiger partial charge in [0.15, 0.2) is 0 Å². The first kappa shape index (κ1) is 33.2. The summed E-state index contributed by atoms with van der Waals surface area (Å²) >= 11 is 21.0. The number of nitrogens with zero attached hydrogens (tertiary/aromatic N) is 3. The van der Waals surface area contributed by atoms with E-state index >= 15 is 0 Å². The highest BCUT2D eigenvalue weighted by Crippen LogP contribution is 2.49. The van der Waals surface area contributed by atoms with Crippen molar-refractivity contribution in [1.29, 1.82) is 0 Å². The minimum absolute atomic E-state index is 0.186. The van der Waals surface area contributed by atoms with Gasteiger partial charge in [-0.2, -0.15) is 0 Å². The van der Waals surface area contributed by atoms with Gasteiger partial charge < -0.3 is 28.9 Å². The van der Waals surface area contributed by atoms with Crippen LogP contribution in [-0.2, 0) is 32.3 Å². The molecule has 10 nitrogen and oxygen atoms in total. The number of ether oxygens (including phenoxy) is 3. The molecule has 0 aliphatic carbocycles. The molecule has 0 aromatic heterocycles. The molecule has 3 saturated heterocycles. The summed E-state index contributed by atoms with van der Waals surface area (Å²) in [6, 6.07) is 0. The van der Waals surface area contributed by atoms with Gasteiger partial charge in [-0.05, 0) is 0 Å². The fraction of sp³-hybridized carbons (Fsp3) is 0.857. The summed E-state index contributed by atoms with van der Waals surface area (Å²) in [5.41, 5.74) is 0. The van der Waals surface area contributed by atoms with Gasteiger partial charge >= 0.3 is 7.82 Å². The number of morpholine rings is 3. The molecule has 17 heteroatoms. The van der Waals surface area contributed by atoms with Crippen molar-refractivity contribution < 1.29 is 32.3 Å². The van der Waals surface area contributed by atoms with Crippen LogP contribution in [-0.4, -0.2) is 144 Å². The Morgan fingerprint density at radius 3 is 1.11 bits per heavy atom. The van der Waals surface area contributed by atoms with Gasteiger partial charge in [0.2, 0.25) is 0 Å². The Morgan fingerprint density at radius 2 is 0.842 bits per heavy atom. The lowest BCUT2D eigenvalue weighted by molar-refractivity contribution is 0.0702. The van der Waals surface area contributed by atoms with Crippen molar-refractivity contribution in [3.8, 4) is 0 Å². The molecule has 3 aliphatic heterocycles. The average Bonchev–Trinajstić information content (AvgIpc) is 2.97. The molecule has 0 saturated carbocycles. The van der Waals surface area contributed by atoms with Crippen molar-refractivity contribution in [3.05, 3.63) is 0 Å². The number of rotatable bonds is 12. The molecule has 0 atom stereocenters. The zero-order valence-electron chi connectivity index (χ0n) is 21.3. The van der Waals surface area contributed by atoms with Gasteiger partial charge in [-0.15, -0.1) is 0 Å². The Morgan fingerprint density at radius 1 is 0.579 bits per heavy atom. The van der Waals surface area contributed by atoms with E-state index in [1.54, 1.807) is 0 Å². The van der Waals surface area contributed by atoms with Crippen molar-refractivity contribution in [2.45, 2.75) is 0 Å². The Hall–Kier alpha value is 0.710. The summed E-state index contributed by atoms with van der Waals surface area (Å²) in [7, 11) is -3.77. The van der Waals surface area contributed by atoms with Crippen molar-refractivity contribution in [3.63, 3.8) is 0 Å². The molecule has 3 aliphatic rings. The molecular weight excluding hydrogens is 630 g/mol. The van der Waals surface area contributed by atoms with Crippen LogP contribution in [0.3, 0.4) is 0 Å². The summed E-state index contributed by atoms with van der Waals surface area (Å²) in [6.07, 6.45) is 0. The minimum Gasteiger partial charge on any atom is -0.378 e. The van der Waals surface area contributed by atoms with E-state index in [2.05, 4.69) is 14.7 Å². The van der Waals surface area contributed by atoms with Crippen molar-refractivity contribution >= 4 is 92.7 Å². The van der Waals surface area contributed by atoms with Gasteiger partial charge in [-0.1, -0.05) is 71.9 Å². The molecule has 38 heavy (non-hydrogen) atoms. The van der Waals surface area contributed by atoms with Crippen molar-refractivity contribution in [1.82, 2.24) is 14.7 Å². The molecule has 3 heterocycles. The molecule has 0 aromatic carbocycles. The number of hydrogen-bond donors (Lipinski definition) is 0. The molecular formula is C21H36N3O7PS6. The fourth-order valence-corrected chi connectivity index (χ4v) is 8.41. The second-order valence-corrected chi connectivity index (χ2v) is 14.9. The van der Waals surface area contributed by atoms with Crippen LogP contribution in [0.4, 0.5) is 0 Å². The molecule has 0 N–H and O–H groups in total. The third-order valence-electron chi connectivity index (χ3n) is 5.48. The molecule has 0 radical (unpaired) electrons. The quantitative estimate of drug-likeness (QED) is 0.174. The van der Waals surface area contributed by atoms with Gasteiger partial charge in [0.1, 0.15) is 13.0 Å². The Bertz CT molecular complexity index is 699. The number of phosphoric ester groups is 1. The topological polar surface area (TPSA) is 82.2 Å². The van der Waals surface area contributed by atoms with Crippen LogP contribution in [0.1, 0.15) is 0 Å². The normalized spacial score (nSPS) is 19.0. The molecule has 0 spiro atoms. The monoisotopic (exact) mass is 665 g/mol. The lowest BCUT2D eigenvalue weighted by atomic mass is 10.5. The van der Waals surface area contributed by atoms with E-state index < -0.39 is 7.82 Å². The summed E-state index contributed by atoms with van der Waals surface area (Å²) in [5, 5.41) is 0. The van der Waals surface area contributed by atoms with Crippen LogP contribution < -0.4 is 0 Å². The summed E-state index contributed by atoms with van der Waals surface area (Å²) in [4.78, 5) is 6.33. The van der Waals surface area contributed by atoms with E-state index in [0.29, 0.717) is 56.9 Å². The van der Waals surface area contributed by atoms with E-state index in [0.717, 1.165) is 52.2 Å². The molecule has 0 bridgehead atoms. The molecule has 3 fully saturated rings. The standard InChI is InChI=1S/C21H36N3O7PS6/c25-32(29-13-16-36-19(33)22-1-7-26-8-2-22,30-14-17-37-20(34)23-3-9-27-10-4-23)31-15-18-38-21(35)24-5-11-28-12-6-24/h1-18H2. The van der Waals surface area contributed by atoms with Crippen LogP contribution >= 0.6 is 79.8 Å². The molecule has 0 aromatic rings. The maximum absolute atomic E-state index is 13.4. The maximum Gasteiger partial charge on any atom is 0.474 e. The van der Waals surface area contributed by atoms with Crippen LogP contribution in [0, 0.1) is 0 Å². The first-order chi connectivity index (χ1) is 18.5. The Balaban J connectivity index is 1.39. The van der Waals surface area contributed by atoms with E-state index in [4.69, 9.17) is 64.4 Å². The highest BCUT2D eigenvalue weighted by atomic mass is 32.2. The highest BCUT2D eigenvalue weighted by molar-refractivity contribution is 8.23. The predicted octanol–water partition coefficient (Wildman–Crippen LogP) is 3.20. The fourth-order valence-electron chi connectivity index (χ4n) is 3.46. The first-order valence-corrected chi connectivity index (χ1v) is 18.1. The van der Waals surface area contributed by atoms with Crippen LogP contribution in [0.2, 0.25) is 0 Å². The zero-order chi connectivity index (χ0) is 27.1. The molecule has 0 unspecified atom stereocenters. The highest BCUT2D eigenvalue weighted by Gasteiger charge is 2.27. The van der Waals surface area contributed by atoms with E-state index in [1.807, 2.05) is 0 Å². The Kier molecular flexibility index (Phi) is 16.6. The molecule has 0 amide bonds. The summed E-state index contributed by atoms with van der Waals surface area (Å²) < 4.78 is 48.8. The second-order valence-electron chi connectivity index (χ2n) is 8.09. The van der Waals surface area contributed by atoms with Gasteiger partial charge in [0, 0.05) is 56.5 Å². The predicted molar refractivity (Wildman–Crippen MR) is 168 cm³/mol. The van der Waals surface area contributed by atoms with Gasteiger partial charge in [0.25, 0.3) is 0 Å². The number of thiocarbonyl (C=S) groups is 3. The van der Waals surface area contributed by atoms with Gasteiger partial charge in [-0.25, -0.2) is 4.57 Å². The van der Waals surface area contributed by atoms with Gasteiger partial charge in [0.05, 0.1) is 59.5 Å². The minimum atomic E-state index is -3.77. The Labute approximate surface area is 254 Å². The number of hydrogen-bond acceptors (Lipinski definition) is 13. The van der Waals surface area contributed by atoms with Crippen LogP contribution in [0.15, 0.2) is 0 Å². The SMILES string of the molecule is O=P(OCCSC(=S)N1CCOCC1)(OCCSC(=S)N1CCOCC1)OCCSC(=S)N1CCOCC1. The number of thioether (sulfide) groups is 3. The third kappa shape index (κ3) is 12.7. The summed E-state index contributed by atoms with van der Waals surface area (Å²) in [5.74, 6) is 1.62. The van der Waals surface area contributed by atoms with E-state index in [1.165, 1.54) is 35.3 Å². The smallest absolute Gasteiger partial charge is 0.378 e. The lowest BCUT2D eigenvalue weighted by Gasteiger charge is -2.29. The molecule has 218 valence electrons. The average molecular weight is 666 g/mol. The van der Waals surface area contributed by atoms with Crippen molar-refractivity contribution in [2.24, 2.45) is 0 Å². The van der Waals surface area contributed by atoms with Gasteiger partial charge in [-0.3, -0.25) is 13.6 Å². The summed E-state index contributed by atoms with van der Waals surface area (Å²) in [6.45, 7) is 9.30. The van der Waals surface area contributed by atoms with Crippen LogP contribution in [0.5, 0.6) is 0 Å². The molecule has 3 rings (SSSR count). The zero-order valence-corrected chi connectivity index (χ0v) is 27.1. The van der Waals surface area contributed by atoms with E-state index in [9.17, 15) is 4.57 Å². The van der Waals surface area contributed by atoms with Crippen LogP contribution in [0.25, 0.3) is 0 Å². The van der Waals surface area contributed by atoms with E-state index in [-0.39, 0.29) is 19.8 Å². The number of phosphoric acid groups is 1. The van der Waals surface area contributed by atoms with Crippen molar-refractivity contribution in [2.75, 3.05) is 116 Å². The first-order valence-electron chi connectivity index (χ1n) is 12.5. The second kappa shape index (κ2) is 19.0. The maximum atomic E-state index is 13.4.